The molecule has 2 amide bonds. The summed E-state index contributed by atoms with van der Waals surface area (Å²) in [5.74, 6) is -2.57. The number of ether oxygens (including phenoxy) is 2. The van der Waals surface area contributed by atoms with Gasteiger partial charge in [-0.15, -0.1) is 0 Å². The number of carbonyl (C=O) groups excluding carboxylic acids is 3. The molecule has 2 fully saturated rings. The van der Waals surface area contributed by atoms with Gasteiger partial charge >= 0.3 is 5.97 Å². The highest BCUT2D eigenvalue weighted by Gasteiger charge is 2.75. The van der Waals surface area contributed by atoms with E-state index >= 15 is 0 Å². The maximum Gasteiger partial charge on any atom is 0.313 e. The van der Waals surface area contributed by atoms with E-state index in [1.165, 1.54) is 4.90 Å². The van der Waals surface area contributed by atoms with Crippen LogP contribution in [-0.2, 0) is 23.9 Å². The lowest BCUT2D eigenvalue weighted by molar-refractivity contribution is -0.159. The van der Waals surface area contributed by atoms with Crippen LogP contribution in [0.15, 0.2) is 24.3 Å². The van der Waals surface area contributed by atoms with E-state index in [2.05, 4.69) is 6.92 Å². The molecule has 4 heterocycles. The van der Waals surface area contributed by atoms with Gasteiger partial charge in [-0.05, 0) is 32.3 Å². The van der Waals surface area contributed by atoms with Crippen molar-refractivity contribution >= 4 is 17.8 Å². The highest BCUT2D eigenvalue weighted by molar-refractivity contribution is 5.99. The zero-order valence-corrected chi connectivity index (χ0v) is 19.2. The quantitative estimate of drug-likeness (QED) is 0.470. The first-order chi connectivity index (χ1) is 15.4. The van der Waals surface area contributed by atoms with Gasteiger partial charge in [0.2, 0.25) is 11.8 Å². The van der Waals surface area contributed by atoms with Crippen LogP contribution in [0.25, 0.3) is 0 Å². The highest BCUT2D eigenvalue weighted by atomic mass is 16.6. The average molecular weight is 447 g/mol. The van der Waals surface area contributed by atoms with Crippen molar-refractivity contribution in [1.82, 2.24) is 9.80 Å². The molecular formula is C24H34N2O6. The SMILES string of the molecule is CCCC(C)N1CC=C[C@]23O[C@]4(CC)C=CCOC(=O)[C@@H]4[C@H]2C(=O)N(CCCO)C3C1=O. The summed E-state index contributed by atoms with van der Waals surface area (Å²) in [5, 5.41) is 9.43. The predicted molar refractivity (Wildman–Crippen MR) is 116 cm³/mol. The number of esters is 1. The normalized spacial score (nSPS) is 37.0. The zero-order chi connectivity index (χ0) is 23.1. The maximum atomic E-state index is 14.0. The Kier molecular flexibility index (Phi) is 6.20. The molecule has 2 saturated heterocycles. The van der Waals surface area contributed by atoms with Gasteiger partial charge in [-0.2, -0.15) is 0 Å². The Labute approximate surface area is 189 Å². The van der Waals surface area contributed by atoms with Gasteiger partial charge in [-0.3, -0.25) is 14.4 Å². The molecule has 8 nitrogen and oxygen atoms in total. The van der Waals surface area contributed by atoms with Gasteiger partial charge in [-0.25, -0.2) is 0 Å². The third-order valence-corrected chi connectivity index (χ3v) is 7.52. The standard InChI is InChI=1S/C24H34N2O6/c1-4-9-16(3)25-12-6-11-24-17(20(28)26(13-8-14-27)19(24)21(25)29)18-22(30)31-15-7-10-23(18,5-2)32-24/h6-7,10-11,16-19,27H,4-5,8-9,12-15H2,1-3H3/t16?,17-,18-,19?,23+,24-/m0/s1. The number of aliphatic hydroxyl groups is 1. The largest absolute Gasteiger partial charge is 0.461 e. The van der Waals surface area contributed by atoms with Crippen LogP contribution in [0.4, 0.5) is 0 Å². The van der Waals surface area contributed by atoms with Crippen molar-refractivity contribution in [3.63, 3.8) is 0 Å². The fourth-order valence-corrected chi connectivity index (χ4v) is 6.06. The molecule has 0 aromatic heterocycles. The van der Waals surface area contributed by atoms with Crippen LogP contribution >= 0.6 is 0 Å². The van der Waals surface area contributed by atoms with Crippen molar-refractivity contribution < 1.29 is 29.0 Å². The van der Waals surface area contributed by atoms with Crippen LogP contribution in [0.3, 0.4) is 0 Å². The van der Waals surface area contributed by atoms with E-state index in [0.29, 0.717) is 19.4 Å². The van der Waals surface area contributed by atoms with Gasteiger partial charge in [-0.1, -0.05) is 38.5 Å². The van der Waals surface area contributed by atoms with Crippen LogP contribution in [0.5, 0.6) is 0 Å². The summed E-state index contributed by atoms with van der Waals surface area (Å²) in [6, 6.07) is -0.862. The molecule has 0 saturated carbocycles. The first-order valence-corrected chi connectivity index (χ1v) is 11.8. The number of carbonyl (C=O) groups is 3. The monoisotopic (exact) mass is 446 g/mol. The molecule has 2 unspecified atom stereocenters. The van der Waals surface area contributed by atoms with Crippen molar-refractivity contribution in [1.29, 1.82) is 0 Å². The number of hydrogen-bond donors (Lipinski definition) is 1. The minimum atomic E-state index is -1.24. The van der Waals surface area contributed by atoms with Gasteiger partial charge in [0.25, 0.3) is 0 Å². The minimum Gasteiger partial charge on any atom is -0.461 e. The Morgan fingerprint density at radius 1 is 1.16 bits per heavy atom. The lowest BCUT2D eigenvalue weighted by Gasteiger charge is -2.39. The van der Waals surface area contributed by atoms with Crippen LogP contribution in [0.1, 0.15) is 46.5 Å². The summed E-state index contributed by atoms with van der Waals surface area (Å²) < 4.78 is 12.1. The fourth-order valence-electron chi connectivity index (χ4n) is 6.06. The number of cyclic esters (lactones) is 1. The second-order valence-corrected chi connectivity index (χ2v) is 9.29. The number of aliphatic hydroxyl groups excluding tert-OH is 1. The van der Waals surface area contributed by atoms with Gasteiger partial charge in [0.1, 0.15) is 29.8 Å². The van der Waals surface area contributed by atoms with Crippen molar-refractivity contribution in [3.05, 3.63) is 24.3 Å². The van der Waals surface area contributed by atoms with E-state index in [1.54, 1.807) is 6.08 Å². The van der Waals surface area contributed by atoms with Gasteiger partial charge in [0, 0.05) is 25.7 Å². The van der Waals surface area contributed by atoms with E-state index in [-0.39, 0.29) is 37.6 Å². The number of likely N-dealkylation sites (tertiary alicyclic amines) is 1. The topological polar surface area (TPSA) is 96.4 Å². The number of fused-ring (bicyclic) bond motifs is 2. The Bertz CT molecular complexity index is 840. The van der Waals surface area contributed by atoms with Crippen LogP contribution in [0, 0.1) is 11.8 Å². The van der Waals surface area contributed by atoms with E-state index in [4.69, 9.17) is 9.47 Å². The van der Waals surface area contributed by atoms with Gasteiger partial charge < -0.3 is 24.4 Å². The van der Waals surface area contributed by atoms with E-state index in [9.17, 15) is 19.5 Å². The van der Waals surface area contributed by atoms with E-state index < -0.39 is 35.0 Å². The number of hydrogen-bond acceptors (Lipinski definition) is 6. The van der Waals surface area contributed by atoms with E-state index in [1.807, 2.05) is 37.0 Å². The Hall–Kier alpha value is -2.19. The summed E-state index contributed by atoms with van der Waals surface area (Å²) in [6.07, 6.45) is 9.99. The summed E-state index contributed by atoms with van der Waals surface area (Å²) in [7, 11) is 0. The third kappa shape index (κ3) is 3.22. The van der Waals surface area contributed by atoms with Crippen molar-refractivity contribution in [3.8, 4) is 0 Å². The number of rotatable bonds is 7. The second kappa shape index (κ2) is 8.63. The molecule has 0 aromatic rings. The first-order valence-electron chi connectivity index (χ1n) is 11.8. The number of nitrogens with zero attached hydrogens (tertiary/aromatic N) is 2. The molecule has 1 spiro atoms. The molecular weight excluding hydrogens is 412 g/mol. The van der Waals surface area contributed by atoms with Crippen LogP contribution < -0.4 is 0 Å². The van der Waals surface area contributed by atoms with Gasteiger partial charge in [0.15, 0.2) is 0 Å². The lowest BCUT2D eigenvalue weighted by atomic mass is 9.73. The molecule has 8 heteroatoms. The molecule has 176 valence electrons. The average Bonchev–Trinajstić information content (AvgIpc) is 3.04. The molecule has 4 aliphatic heterocycles. The first kappa shape index (κ1) is 23.0. The predicted octanol–water partition coefficient (Wildman–Crippen LogP) is 1.43. The Balaban J connectivity index is 1.85. The van der Waals surface area contributed by atoms with Crippen molar-refractivity contribution in [2.45, 2.75) is 69.7 Å². The molecule has 32 heavy (non-hydrogen) atoms. The second-order valence-electron chi connectivity index (χ2n) is 9.29. The lowest BCUT2D eigenvalue weighted by Crippen LogP contribution is -2.57. The summed E-state index contributed by atoms with van der Waals surface area (Å²) >= 11 is 0. The van der Waals surface area contributed by atoms with Crippen molar-refractivity contribution in [2.24, 2.45) is 11.8 Å². The molecule has 1 N–H and O–H groups in total. The summed E-state index contributed by atoms with van der Waals surface area (Å²) in [5.41, 5.74) is -2.24. The van der Waals surface area contributed by atoms with Gasteiger partial charge in [0.05, 0.1) is 5.92 Å². The molecule has 4 aliphatic rings. The molecule has 6 atom stereocenters. The minimum absolute atomic E-state index is 0.0121. The third-order valence-electron chi connectivity index (χ3n) is 7.52. The molecule has 0 bridgehead atoms. The fraction of sp³-hybridized carbons (Fsp3) is 0.708. The Morgan fingerprint density at radius 3 is 2.62 bits per heavy atom. The number of amides is 2. The zero-order valence-electron chi connectivity index (χ0n) is 19.2. The van der Waals surface area contributed by atoms with Crippen LogP contribution in [-0.4, -0.2) is 82.3 Å². The maximum absolute atomic E-state index is 14.0. The Morgan fingerprint density at radius 2 is 1.94 bits per heavy atom. The molecule has 0 aliphatic carbocycles. The molecule has 0 radical (unpaired) electrons. The molecule has 4 rings (SSSR count). The highest BCUT2D eigenvalue weighted by Crippen LogP contribution is 2.58. The van der Waals surface area contributed by atoms with E-state index in [0.717, 1.165) is 12.8 Å². The molecule has 0 aromatic carbocycles. The summed E-state index contributed by atoms with van der Waals surface area (Å²) in [6.45, 7) is 6.73. The smallest absolute Gasteiger partial charge is 0.313 e. The van der Waals surface area contributed by atoms with Crippen LogP contribution in [0.2, 0.25) is 0 Å². The van der Waals surface area contributed by atoms with Crippen molar-refractivity contribution in [2.75, 3.05) is 26.3 Å². The summed E-state index contributed by atoms with van der Waals surface area (Å²) in [4.78, 5) is 44.2.